The van der Waals surface area contributed by atoms with Crippen LogP contribution in [0.4, 0.5) is 5.69 Å². The van der Waals surface area contributed by atoms with Crippen LogP contribution in [0.5, 0.6) is 0 Å². The van der Waals surface area contributed by atoms with E-state index in [4.69, 9.17) is 4.74 Å². The third-order valence-electron chi connectivity index (χ3n) is 3.63. The molecule has 1 fully saturated rings. The van der Waals surface area contributed by atoms with E-state index >= 15 is 0 Å². The summed E-state index contributed by atoms with van der Waals surface area (Å²) in [4.78, 5) is 6.85. The lowest BCUT2D eigenvalue weighted by Crippen LogP contribution is -2.36. The number of ether oxygens (including phenoxy) is 1. The molecule has 106 valence electrons. The van der Waals surface area contributed by atoms with Gasteiger partial charge in [0.15, 0.2) is 0 Å². The first-order valence-electron chi connectivity index (χ1n) is 7.15. The van der Waals surface area contributed by atoms with Gasteiger partial charge in [0.25, 0.3) is 0 Å². The second-order valence-electron chi connectivity index (χ2n) is 5.46. The van der Waals surface area contributed by atoms with Crippen molar-refractivity contribution in [3.05, 3.63) is 24.0 Å². The number of hydrogen-bond donors (Lipinski definition) is 1. The number of nitrogens with one attached hydrogen (secondary N) is 1. The Morgan fingerprint density at radius 2 is 2.16 bits per heavy atom. The highest BCUT2D eigenvalue weighted by Crippen LogP contribution is 2.21. The van der Waals surface area contributed by atoms with E-state index in [0.29, 0.717) is 12.1 Å². The number of aromatic nitrogens is 1. The first kappa shape index (κ1) is 14.3. The number of rotatable bonds is 5. The number of methoxy groups -OCH3 is 1. The monoisotopic (exact) mass is 263 g/mol. The van der Waals surface area contributed by atoms with E-state index in [0.717, 1.165) is 38.2 Å². The van der Waals surface area contributed by atoms with Crippen LogP contribution in [0.2, 0.25) is 0 Å². The van der Waals surface area contributed by atoms with Gasteiger partial charge in [0, 0.05) is 44.7 Å². The van der Waals surface area contributed by atoms with E-state index in [-0.39, 0.29) is 0 Å². The fourth-order valence-corrected chi connectivity index (χ4v) is 2.42. The van der Waals surface area contributed by atoms with Gasteiger partial charge in [0.1, 0.15) is 0 Å². The number of pyridine rings is 1. The molecule has 0 amide bonds. The Balaban J connectivity index is 1.95. The number of hydrogen-bond acceptors (Lipinski definition) is 4. The minimum absolute atomic E-state index is 0.431. The Morgan fingerprint density at radius 1 is 1.42 bits per heavy atom. The van der Waals surface area contributed by atoms with Crippen molar-refractivity contribution in [3.63, 3.8) is 0 Å². The molecular weight excluding hydrogens is 238 g/mol. The lowest BCUT2D eigenvalue weighted by atomic mass is 10.1. The predicted octanol–water partition coefficient (Wildman–Crippen LogP) is 2.19. The molecule has 1 aliphatic rings. The van der Waals surface area contributed by atoms with Gasteiger partial charge in [0.2, 0.25) is 0 Å². The summed E-state index contributed by atoms with van der Waals surface area (Å²) in [6.45, 7) is 7.28. The molecule has 1 saturated heterocycles. The predicted molar refractivity (Wildman–Crippen MR) is 78.5 cm³/mol. The van der Waals surface area contributed by atoms with E-state index < -0.39 is 0 Å². The molecule has 4 heteroatoms. The number of anilines is 1. The normalized spacial score (nSPS) is 17.2. The second kappa shape index (κ2) is 6.87. The summed E-state index contributed by atoms with van der Waals surface area (Å²) in [6.07, 6.45) is 4.56. The molecule has 0 saturated carbocycles. The third kappa shape index (κ3) is 4.18. The summed E-state index contributed by atoms with van der Waals surface area (Å²) < 4.78 is 5.41. The molecule has 0 aliphatic carbocycles. The van der Waals surface area contributed by atoms with Crippen LogP contribution in [0.25, 0.3) is 0 Å². The van der Waals surface area contributed by atoms with Gasteiger partial charge in [-0.1, -0.05) is 13.8 Å². The number of piperidine rings is 1. The van der Waals surface area contributed by atoms with E-state index in [1.54, 1.807) is 0 Å². The zero-order valence-corrected chi connectivity index (χ0v) is 12.2. The molecule has 0 aromatic carbocycles. The van der Waals surface area contributed by atoms with Gasteiger partial charge in [-0.3, -0.25) is 4.98 Å². The lowest BCUT2D eigenvalue weighted by molar-refractivity contribution is 0.0819. The average Bonchev–Trinajstić information content (AvgIpc) is 2.45. The third-order valence-corrected chi connectivity index (χ3v) is 3.63. The summed E-state index contributed by atoms with van der Waals surface area (Å²) in [5.41, 5.74) is 2.39. The maximum Gasteiger partial charge on any atom is 0.0605 e. The highest BCUT2D eigenvalue weighted by molar-refractivity contribution is 5.46. The van der Waals surface area contributed by atoms with Gasteiger partial charge in [-0.15, -0.1) is 0 Å². The highest BCUT2D eigenvalue weighted by Gasteiger charge is 2.19. The van der Waals surface area contributed by atoms with Crippen molar-refractivity contribution in [1.82, 2.24) is 10.3 Å². The van der Waals surface area contributed by atoms with Crippen molar-refractivity contribution in [2.45, 2.75) is 45.4 Å². The van der Waals surface area contributed by atoms with Gasteiger partial charge in [0.05, 0.1) is 11.8 Å². The molecule has 4 nitrogen and oxygen atoms in total. The molecule has 1 aromatic heterocycles. The van der Waals surface area contributed by atoms with Crippen molar-refractivity contribution < 1.29 is 4.74 Å². The van der Waals surface area contributed by atoms with Gasteiger partial charge < -0.3 is 15.0 Å². The molecule has 0 radical (unpaired) electrons. The van der Waals surface area contributed by atoms with E-state index in [2.05, 4.69) is 41.2 Å². The minimum Gasteiger partial charge on any atom is -0.381 e. The van der Waals surface area contributed by atoms with Gasteiger partial charge in [-0.05, 0) is 25.0 Å². The van der Waals surface area contributed by atoms with Crippen LogP contribution in [0.3, 0.4) is 0 Å². The van der Waals surface area contributed by atoms with Crippen molar-refractivity contribution in [3.8, 4) is 0 Å². The Hall–Kier alpha value is -1.13. The molecule has 0 atom stereocenters. The summed E-state index contributed by atoms with van der Waals surface area (Å²) in [5.74, 6) is 0. The van der Waals surface area contributed by atoms with Crippen molar-refractivity contribution in [2.24, 2.45) is 0 Å². The largest absolute Gasteiger partial charge is 0.381 e. The van der Waals surface area contributed by atoms with Crippen LogP contribution in [0, 0.1) is 0 Å². The standard InChI is InChI=1S/C15H25N3O/c1-12(2)17-11-13-10-14(4-7-16-13)18-8-5-15(19-3)6-9-18/h4,7,10,12,15,17H,5-6,8-9,11H2,1-3H3. The summed E-state index contributed by atoms with van der Waals surface area (Å²) in [6, 6.07) is 4.79. The van der Waals surface area contributed by atoms with Crippen molar-refractivity contribution in [1.29, 1.82) is 0 Å². The Morgan fingerprint density at radius 3 is 2.79 bits per heavy atom. The van der Waals surface area contributed by atoms with Crippen LogP contribution < -0.4 is 10.2 Å². The van der Waals surface area contributed by atoms with Gasteiger partial charge in [-0.25, -0.2) is 0 Å². The Labute approximate surface area is 116 Å². The van der Waals surface area contributed by atoms with Crippen LogP contribution >= 0.6 is 0 Å². The molecule has 1 N–H and O–H groups in total. The molecule has 0 bridgehead atoms. The molecular formula is C15H25N3O. The SMILES string of the molecule is COC1CCN(c2ccnc(CNC(C)C)c2)CC1. The van der Waals surface area contributed by atoms with Gasteiger partial charge in [-0.2, -0.15) is 0 Å². The molecule has 0 spiro atoms. The molecule has 1 aliphatic heterocycles. The van der Waals surface area contributed by atoms with E-state index in [1.165, 1.54) is 5.69 Å². The Bertz CT molecular complexity index is 387. The topological polar surface area (TPSA) is 37.4 Å². The maximum atomic E-state index is 5.41. The summed E-state index contributed by atoms with van der Waals surface area (Å²) >= 11 is 0. The maximum absolute atomic E-state index is 5.41. The second-order valence-corrected chi connectivity index (χ2v) is 5.46. The summed E-state index contributed by atoms with van der Waals surface area (Å²) in [5, 5.41) is 3.41. The lowest BCUT2D eigenvalue weighted by Gasteiger charge is -2.33. The van der Waals surface area contributed by atoms with Crippen LogP contribution in [-0.2, 0) is 11.3 Å². The molecule has 1 aromatic rings. The first-order valence-corrected chi connectivity index (χ1v) is 7.15. The quantitative estimate of drug-likeness (QED) is 0.883. The Kier molecular flexibility index (Phi) is 5.16. The van der Waals surface area contributed by atoms with E-state index in [1.807, 2.05) is 13.3 Å². The molecule has 0 unspecified atom stereocenters. The van der Waals surface area contributed by atoms with Crippen LogP contribution in [0.15, 0.2) is 18.3 Å². The molecule has 2 heterocycles. The van der Waals surface area contributed by atoms with Crippen LogP contribution in [-0.4, -0.2) is 37.3 Å². The number of nitrogens with zero attached hydrogens (tertiary/aromatic N) is 2. The molecule has 19 heavy (non-hydrogen) atoms. The van der Waals surface area contributed by atoms with Crippen LogP contribution in [0.1, 0.15) is 32.4 Å². The average molecular weight is 263 g/mol. The van der Waals surface area contributed by atoms with Gasteiger partial charge >= 0.3 is 0 Å². The minimum atomic E-state index is 0.431. The fourth-order valence-electron chi connectivity index (χ4n) is 2.42. The molecule has 2 rings (SSSR count). The van der Waals surface area contributed by atoms with E-state index in [9.17, 15) is 0 Å². The van der Waals surface area contributed by atoms with Crippen molar-refractivity contribution in [2.75, 3.05) is 25.1 Å². The zero-order chi connectivity index (χ0) is 13.7. The highest BCUT2D eigenvalue weighted by atomic mass is 16.5. The first-order chi connectivity index (χ1) is 9.19. The summed E-state index contributed by atoms with van der Waals surface area (Å²) in [7, 11) is 1.81. The smallest absolute Gasteiger partial charge is 0.0605 e. The fraction of sp³-hybridized carbons (Fsp3) is 0.667. The zero-order valence-electron chi connectivity index (χ0n) is 12.2. The van der Waals surface area contributed by atoms with Crippen molar-refractivity contribution >= 4 is 5.69 Å².